The van der Waals surface area contributed by atoms with E-state index in [1.165, 1.54) is 18.9 Å². The Morgan fingerprint density at radius 3 is 2.78 bits per heavy atom. The van der Waals surface area contributed by atoms with E-state index in [2.05, 4.69) is 26.9 Å². The van der Waals surface area contributed by atoms with Crippen molar-refractivity contribution in [1.29, 1.82) is 0 Å². The van der Waals surface area contributed by atoms with Gasteiger partial charge in [-0.25, -0.2) is 4.39 Å². The summed E-state index contributed by atoms with van der Waals surface area (Å²) in [4.78, 5) is 0. The molecule has 5 nitrogen and oxygen atoms in total. The zero-order chi connectivity index (χ0) is 15.9. The Bertz CT molecular complexity index is 859. The van der Waals surface area contributed by atoms with Crippen LogP contribution in [0.2, 0.25) is 0 Å². The molecule has 0 radical (unpaired) electrons. The van der Waals surface area contributed by atoms with Crippen molar-refractivity contribution in [2.24, 2.45) is 0 Å². The molecule has 3 aromatic rings. The zero-order valence-electron chi connectivity index (χ0n) is 12.7. The maximum atomic E-state index is 14.0. The maximum Gasteiger partial charge on any atom is 0.188 e. The molecule has 7 heteroatoms. The van der Waals surface area contributed by atoms with Crippen LogP contribution in [0.5, 0.6) is 0 Å². The van der Waals surface area contributed by atoms with Gasteiger partial charge in [0.2, 0.25) is 0 Å². The number of anilines is 1. The minimum absolute atomic E-state index is 0.332. The minimum Gasteiger partial charge on any atom is -0.367 e. The first-order chi connectivity index (χ1) is 11.2. The smallest absolute Gasteiger partial charge is 0.188 e. The number of nitrogens with one attached hydrogen (secondary N) is 1. The third-order valence-electron chi connectivity index (χ3n) is 4.21. The van der Waals surface area contributed by atoms with Crippen LogP contribution in [0.4, 0.5) is 10.2 Å². The van der Waals surface area contributed by atoms with Crippen LogP contribution in [0.1, 0.15) is 12.8 Å². The van der Waals surface area contributed by atoms with E-state index in [-0.39, 0.29) is 5.82 Å². The van der Waals surface area contributed by atoms with Gasteiger partial charge in [0, 0.05) is 11.3 Å². The minimum atomic E-state index is -0.332. The Balaban J connectivity index is 1.68. The second kappa shape index (κ2) is 5.49. The van der Waals surface area contributed by atoms with E-state index in [0.717, 1.165) is 12.4 Å². The molecular weight excluding hydrogens is 313 g/mol. The standard InChI is InChI=1S/C16H16FN5S/c1-23-16(8-9-16)10-18-13-6-7-14-19-20-15(22(14)21-13)11-4-2-3-5-12(11)17/h2-7H,8-10H2,1H3,(H,18,21). The Labute approximate surface area is 137 Å². The monoisotopic (exact) mass is 329 g/mol. The van der Waals surface area contributed by atoms with Gasteiger partial charge >= 0.3 is 0 Å². The fourth-order valence-electron chi connectivity index (χ4n) is 2.54. The van der Waals surface area contributed by atoms with Crippen molar-refractivity contribution in [2.75, 3.05) is 18.1 Å². The molecular formula is C16H16FN5S. The Morgan fingerprint density at radius 1 is 1.22 bits per heavy atom. The van der Waals surface area contributed by atoms with Crippen LogP contribution in [0.25, 0.3) is 17.0 Å². The van der Waals surface area contributed by atoms with Crippen molar-refractivity contribution in [2.45, 2.75) is 17.6 Å². The predicted octanol–water partition coefficient (Wildman–Crippen LogP) is 3.24. The molecule has 0 unspecified atom stereocenters. The van der Waals surface area contributed by atoms with Crippen molar-refractivity contribution < 1.29 is 4.39 Å². The summed E-state index contributed by atoms with van der Waals surface area (Å²) >= 11 is 1.89. The lowest BCUT2D eigenvalue weighted by Gasteiger charge is -2.13. The highest BCUT2D eigenvalue weighted by Gasteiger charge is 2.41. The number of thioether (sulfide) groups is 1. The summed E-state index contributed by atoms with van der Waals surface area (Å²) in [5.74, 6) is 0.823. The quantitative estimate of drug-likeness (QED) is 0.779. The van der Waals surface area contributed by atoms with Gasteiger partial charge in [-0.3, -0.25) is 0 Å². The van der Waals surface area contributed by atoms with Crippen LogP contribution in [0.3, 0.4) is 0 Å². The topological polar surface area (TPSA) is 55.1 Å². The Kier molecular flexibility index (Phi) is 3.45. The van der Waals surface area contributed by atoms with Gasteiger partial charge in [-0.05, 0) is 43.4 Å². The van der Waals surface area contributed by atoms with Crippen LogP contribution < -0.4 is 5.32 Å². The summed E-state index contributed by atoms with van der Waals surface area (Å²) in [6.07, 6.45) is 4.61. The molecule has 1 aromatic carbocycles. The SMILES string of the molecule is CSC1(CNc2ccc3nnc(-c4ccccc4F)n3n2)CC1. The molecule has 2 aromatic heterocycles. The number of nitrogens with zero attached hydrogens (tertiary/aromatic N) is 4. The summed E-state index contributed by atoms with van der Waals surface area (Å²) in [6.45, 7) is 0.879. The largest absolute Gasteiger partial charge is 0.367 e. The first kappa shape index (κ1) is 14.4. The third kappa shape index (κ3) is 2.65. The number of fused-ring (bicyclic) bond motifs is 1. The molecule has 0 atom stereocenters. The van der Waals surface area contributed by atoms with Gasteiger partial charge in [0.25, 0.3) is 0 Å². The molecule has 0 aliphatic heterocycles. The van der Waals surface area contributed by atoms with E-state index in [9.17, 15) is 4.39 Å². The first-order valence-corrected chi connectivity index (χ1v) is 8.70. The average molecular weight is 329 g/mol. The lowest BCUT2D eigenvalue weighted by molar-refractivity contribution is 0.629. The molecule has 0 amide bonds. The van der Waals surface area contributed by atoms with E-state index in [1.807, 2.05) is 23.9 Å². The fraction of sp³-hybridized carbons (Fsp3) is 0.312. The number of hydrogen-bond acceptors (Lipinski definition) is 5. The molecule has 0 spiro atoms. The molecule has 2 heterocycles. The molecule has 4 rings (SSSR count). The van der Waals surface area contributed by atoms with Gasteiger partial charge in [0.05, 0.1) is 5.56 Å². The van der Waals surface area contributed by atoms with Gasteiger partial charge in [-0.1, -0.05) is 12.1 Å². The van der Waals surface area contributed by atoms with E-state index < -0.39 is 0 Å². The lowest BCUT2D eigenvalue weighted by atomic mass is 10.2. The first-order valence-electron chi connectivity index (χ1n) is 7.47. The molecule has 1 aliphatic carbocycles. The summed E-state index contributed by atoms with van der Waals surface area (Å²) in [7, 11) is 0. The highest BCUT2D eigenvalue weighted by Crippen LogP contribution is 2.46. The van der Waals surface area contributed by atoms with Gasteiger partial charge < -0.3 is 5.32 Å². The van der Waals surface area contributed by atoms with Crippen molar-refractivity contribution in [1.82, 2.24) is 19.8 Å². The van der Waals surface area contributed by atoms with Crippen molar-refractivity contribution in [3.05, 3.63) is 42.2 Å². The highest BCUT2D eigenvalue weighted by atomic mass is 32.2. The summed E-state index contributed by atoms with van der Waals surface area (Å²) in [5.41, 5.74) is 0.993. The number of halogens is 1. The molecule has 1 fully saturated rings. The predicted molar refractivity (Wildman–Crippen MR) is 90.1 cm³/mol. The maximum absolute atomic E-state index is 14.0. The summed E-state index contributed by atoms with van der Waals surface area (Å²) in [5, 5.41) is 16.0. The van der Waals surface area contributed by atoms with Gasteiger partial charge in [0.1, 0.15) is 11.6 Å². The molecule has 118 valence electrons. The van der Waals surface area contributed by atoms with Crippen molar-refractivity contribution >= 4 is 23.2 Å². The van der Waals surface area contributed by atoms with Crippen LogP contribution in [0.15, 0.2) is 36.4 Å². The van der Waals surface area contributed by atoms with Gasteiger partial charge in [-0.2, -0.15) is 16.3 Å². The molecule has 1 N–H and O–H groups in total. The second-order valence-electron chi connectivity index (χ2n) is 5.73. The van der Waals surface area contributed by atoms with Crippen LogP contribution in [0, 0.1) is 5.82 Å². The van der Waals surface area contributed by atoms with Crippen LogP contribution >= 0.6 is 11.8 Å². The van der Waals surface area contributed by atoms with E-state index in [1.54, 1.807) is 22.7 Å². The third-order valence-corrected chi connectivity index (χ3v) is 5.63. The molecule has 0 bridgehead atoms. The van der Waals surface area contributed by atoms with Crippen LogP contribution in [-0.4, -0.2) is 37.4 Å². The molecule has 23 heavy (non-hydrogen) atoms. The number of aromatic nitrogens is 4. The molecule has 1 saturated carbocycles. The zero-order valence-corrected chi connectivity index (χ0v) is 13.5. The highest BCUT2D eigenvalue weighted by molar-refractivity contribution is 8.00. The van der Waals surface area contributed by atoms with Crippen molar-refractivity contribution in [3.8, 4) is 11.4 Å². The lowest BCUT2D eigenvalue weighted by Crippen LogP contribution is -2.18. The van der Waals surface area contributed by atoms with Gasteiger partial charge in [0.15, 0.2) is 11.5 Å². The van der Waals surface area contributed by atoms with E-state index in [0.29, 0.717) is 21.8 Å². The van der Waals surface area contributed by atoms with Crippen LogP contribution in [-0.2, 0) is 0 Å². The fourth-order valence-corrected chi connectivity index (χ4v) is 3.26. The number of hydrogen-bond donors (Lipinski definition) is 1. The summed E-state index contributed by atoms with van der Waals surface area (Å²) in [6, 6.07) is 10.2. The average Bonchev–Trinajstić information content (AvgIpc) is 3.25. The number of rotatable bonds is 5. The van der Waals surface area contributed by atoms with E-state index >= 15 is 0 Å². The normalized spacial score (nSPS) is 15.7. The molecule has 1 aliphatic rings. The number of benzene rings is 1. The summed E-state index contributed by atoms with van der Waals surface area (Å²) < 4.78 is 15.9. The molecule has 0 saturated heterocycles. The second-order valence-corrected chi connectivity index (χ2v) is 7.01. The van der Waals surface area contributed by atoms with E-state index in [4.69, 9.17) is 0 Å². The van der Waals surface area contributed by atoms with Gasteiger partial charge in [-0.15, -0.1) is 15.3 Å². The van der Waals surface area contributed by atoms with Crippen molar-refractivity contribution in [3.63, 3.8) is 0 Å². The Hall–Kier alpha value is -2.15. The Morgan fingerprint density at radius 2 is 2.04 bits per heavy atom.